The molecule has 6 nitrogen and oxygen atoms in total. The number of anilines is 2. The Morgan fingerprint density at radius 2 is 1.51 bits per heavy atom. The van der Waals surface area contributed by atoms with E-state index in [0.29, 0.717) is 24.6 Å². The van der Waals surface area contributed by atoms with Gasteiger partial charge in [-0.25, -0.2) is 4.79 Å². The maximum absolute atomic E-state index is 13.8. The van der Waals surface area contributed by atoms with Gasteiger partial charge in [0.25, 0.3) is 5.91 Å². The number of fused-ring (bicyclic) bond motifs is 1. The first-order valence-electron chi connectivity index (χ1n) is 14.0. The van der Waals surface area contributed by atoms with Gasteiger partial charge in [0.1, 0.15) is 5.60 Å². The van der Waals surface area contributed by atoms with E-state index in [0.717, 1.165) is 36.2 Å². The van der Waals surface area contributed by atoms with E-state index in [1.165, 1.54) is 5.56 Å². The van der Waals surface area contributed by atoms with Gasteiger partial charge in [0.05, 0.1) is 6.04 Å². The summed E-state index contributed by atoms with van der Waals surface area (Å²) in [6.45, 7) is 9.17. The summed E-state index contributed by atoms with van der Waals surface area (Å²) in [4.78, 5) is 30.0. The third kappa shape index (κ3) is 6.11. The minimum Gasteiger partial charge on any atom is -0.444 e. The Morgan fingerprint density at radius 3 is 2.18 bits per heavy atom. The topological polar surface area (TPSA) is 61.9 Å². The van der Waals surface area contributed by atoms with E-state index in [1.54, 1.807) is 4.90 Å². The van der Waals surface area contributed by atoms with Crippen LogP contribution in [0, 0.1) is 0 Å². The number of nitrogens with one attached hydrogen (secondary N) is 1. The average molecular weight is 526 g/mol. The molecule has 39 heavy (non-hydrogen) atoms. The van der Waals surface area contributed by atoms with Crippen molar-refractivity contribution < 1.29 is 14.3 Å². The number of carbonyl (C=O) groups is 2. The Hall–Kier alpha value is -3.80. The third-order valence-corrected chi connectivity index (χ3v) is 7.70. The van der Waals surface area contributed by atoms with E-state index in [2.05, 4.69) is 48.6 Å². The first-order chi connectivity index (χ1) is 18.7. The highest BCUT2D eigenvalue weighted by atomic mass is 16.6. The first kappa shape index (κ1) is 26.8. The fourth-order valence-electron chi connectivity index (χ4n) is 5.75. The number of ether oxygens (including phenoxy) is 1. The molecule has 0 saturated carbocycles. The Balaban J connectivity index is 1.27. The highest BCUT2D eigenvalue weighted by molar-refractivity contribution is 6.07. The van der Waals surface area contributed by atoms with Crippen molar-refractivity contribution in [2.75, 3.05) is 23.3 Å². The molecule has 2 atom stereocenters. The van der Waals surface area contributed by atoms with Crippen LogP contribution in [0.1, 0.15) is 80.4 Å². The van der Waals surface area contributed by atoms with Crippen molar-refractivity contribution in [3.63, 3.8) is 0 Å². The lowest BCUT2D eigenvalue weighted by Crippen LogP contribution is -2.44. The first-order valence-corrected chi connectivity index (χ1v) is 14.0. The van der Waals surface area contributed by atoms with Gasteiger partial charge in [-0.2, -0.15) is 0 Å². The monoisotopic (exact) mass is 525 g/mol. The molecule has 0 aliphatic carbocycles. The molecule has 0 spiro atoms. The van der Waals surface area contributed by atoms with Crippen molar-refractivity contribution in [2.24, 2.45) is 0 Å². The predicted molar refractivity (Wildman–Crippen MR) is 156 cm³/mol. The highest BCUT2D eigenvalue weighted by Gasteiger charge is 2.34. The van der Waals surface area contributed by atoms with Gasteiger partial charge in [0, 0.05) is 36.1 Å². The molecule has 6 heteroatoms. The zero-order valence-corrected chi connectivity index (χ0v) is 23.4. The molecule has 0 unspecified atom stereocenters. The van der Waals surface area contributed by atoms with Gasteiger partial charge in [-0.05, 0) is 94.3 Å². The Morgan fingerprint density at radius 1 is 0.872 bits per heavy atom. The quantitative estimate of drug-likeness (QED) is 0.386. The second kappa shape index (κ2) is 11.1. The minimum atomic E-state index is -0.484. The molecule has 0 radical (unpaired) electrons. The molecule has 5 rings (SSSR count). The van der Waals surface area contributed by atoms with Crippen LogP contribution in [-0.2, 0) is 4.74 Å². The minimum absolute atomic E-state index is 0.0272. The molecule has 2 heterocycles. The van der Waals surface area contributed by atoms with E-state index < -0.39 is 5.60 Å². The van der Waals surface area contributed by atoms with E-state index >= 15 is 0 Å². The average Bonchev–Trinajstić information content (AvgIpc) is 2.93. The van der Waals surface area contributed by atoms with Crippen LogP contribution in [0.3, 0.4) is 0 Å². The molecule has 3 aromatic rings. The molecule has 1 fully saturated rings. The van der Waals surface area contributed by atoms with Crippen molar-refractivity contribution in [1.29, 1.82) is 0 Å². The van der Waals surface area contributed by atoms with Crippen LogP contribution in [-0.4, -0.2) is 41.6 Å². The largest absolute Gasteiger partial charge is 0.444 e. The molecule has 2 amide bonds. The fraction of sp³-hybridized carbons (Fsp3) is 0.394. The molecule has 2 aliphatic heterocycles. The molecule has 204 valence electrons. The number of hydrogen-bond donors (Lipinski definition) is 1. The molecule has 1 saturated heterocycles. The normalized spacial score (nSPS) is 19.8. The van der Waals surface area contributed by atoms with Crippen molar-refractivity contribution in [3.8, 4) is 0 Å². The van der Waals surface area contributed by atoms with Crippen molar-refractivity contribution >= 4 is 23.4 Å². The summed E-state index contributed by atoms with van der Waals surface area (Å²) in [5, 5.41) is 3.66. The molecular weight excluding hydrogens is 486 g/mol. The van der Waals surface area contributed by atoms with Gasteiger partial charge < -0.3 is 19.9 Å². The number of hydrogen-bond acceptors (Lipinski definition) is 4. The van der Waals surface area contributed by atoms with Crippen LogP contribution in [0.2, 0.25) is 0 Å². The number of benzene rings is 3. The zero-order chi connectivity index (χ0) is 27.6. The summed E-state index contributed by atoms with van der Waals surface area (Å²) in [6, 6.07) is 26.7. The van der Waals surface area contributed by atoms with Gasteiger partial charge in [0.15, 0.2) is 0 Å². The van der Waals surface area contributed by atoms with Crippen molar-refractivity contribution in [2.45, 2.75) is 70.6 Å². The standard InChI is InChI=1S/C33H39N3O3/c1-23-22-29(34-27-10-6-5-7-11-27)28-12-8-9-13-30(28)36(23)31(37)26-16-14-24(15-17-26)25-18-20-35(21-19-25)32(38)39-33(2,3)4/h5-17,23,25,29,34H,18-22H2,1-4H3/t23-,29+/m0/s1. The number of piperidine rings is 1. The predicted octanol–water partition coefficient (Wildman–Crippen LogP) is 7.39. The molecule has 2 aliphatic rings. The van der Waals surface area contributed by atoms with Gasteiger partial charge in [-0.3, -0.25) is 4.79 Å². The lowest BCUT2D eigenvalue weighted by molar-refractivity contribution is 0.0204. The summed E-state index contributed by atoms with van der Waals surface area (Å²) in [5.74, 6) is 0.395. The smallest absolute Gasteiger partial charge is 0.410 e. The number of likely N-dealkylation sites (tertiary alicyclic amines) is 1. The summed E-state index contributed by atoms with van der Waals surface area (Å²) in [6.07, 6.45) is 2.36. The van der Waals surface area contributed by atoms with Crippen LogP contribution in [0.4, 0.5) is 16.2 Å². The van der Waals surface area contributed by atoms with E-state index in [4.69, 9.17) is 4.74 Å². The van der Waals surface area contributed by atoms with Crippen LogP contribution in [0.5, 0.6) is 0 Å². The second-order valence-corrected chi connectivity index (χ2v) is 11.7. The number of nitrogens with zero attached hydrogens (tertiary/aromatic N) is 2. The van der Waals surface area contributed by atoms with Crippen LogP contribution < -0.4 is 10.2 Å². The molecular formula is C33H39N3O3. The SMILES string of the molecule is C[C@H]1C[C@@H](Nc2ccccc2)c2ccccc2N1C(=O)c1ccc(C2CCN(C(=O)OC(C)(C)C)CC2)cc1. The Labute approximate surface area is 232 Å². The highest BCUT2D eigenvalue weighted by Crippen LogP contribution is 2.39. The maximum atomic E-state index is 13.8. The fourth-order valence-corrected chi connectivity index (χ4v) is 5.75. The van der Waals surface area contributed by atoms with Crippen molar-refractivity contribution in [3.05, 3.63) is 95.6 Å². The maximum Gasteiger partial charge on any atom is 0.410 e. The van der Waals surface area contributed by atoms with E-state index in [1.807, 2.05) is 68.1 Å². The van der Waals surface area contributed by atoms with E-state index in [9.17, 15) is 9.59 Å². The number of amides is 2. The van der Waals surface area contributed by atoms with Crippen molar-refractivity contribution in [1.82, 2.24) is 4.90 Å². The van der Waals surface area contributed by atoms with Crippen LogP contribution in [0.15, 0.2) is 78.9 Å². The molecule has 1 N–H and O–H groups in total. The zero-order valence-electron chi connectivity index (χ0n) is 23.4. The molecule has 0 bridgehead atoms. The summed E-state index contributed by atoms with van der Waals surface area (Å²) in [7, 11) is 0. The lowest BCUT2D eigenvalue weighted by Gasteiger charge is -2.40. The summed E-state index contributed by atoms with van der Waals surface area (Å²) >= 11 is 0. The Bertz CT molecular complexity index is 1290. The molecule has 3 aromatic carbocycles. The molecule has 0 aromatic heterocycles. The van der Waals surface area contributed by atoms with Gasteiger partial charge >= 0.3 is 6.09 Å². The summed E-state index contributed by atoms with van der Waals surface area (Å²) < 4.78 is 5.53. The summed E-state index contributed by atoms with van der Waals surface area (Å²) in [5.41, 5.74) is 4.61. The number of para-hydroxylation sites is 2. The van der Waals surface area contributed by atoms with Gasteiger partial charge in [-0.1, -0.05) is 48.5 Å². The third-order valence-electron chi connectivity index (χ3n) is 7.70. The number of rotatable bonds is 4. The second-order valence-electron chi connectivity index (χ2n) is 11.7. The van der Waals surface area contributed by atoms with Crippen LogP contribution >= 0.6 is 0 Å². The Kier molecular flexibility index (Phi) is 7.65. The lowest BCUT2D eigenvalue weighted by atomic mass is 9.88. The van der Waals surface area contributed by atoms with Gasteiger partial charge in [0.2, 0.25) is 0 Å². The van der Waals surface area contributed by atoms with Gasteiger partial charge in [-0.15, -0.1) is 0 Å². The van der Waals surface area contributed by atoms with Crippen LogP contribution in [0.25, 0.3) is 0 Å². The number of carbonyl (C=O) groups excluding carboxylic acids is 2. The van der Waals surface area contributed by atoms with E-state index in [-0.39, 0.29) is 24.1 Å².